The maximum absolute atomic E-state index is 13.8. The van der Waals surface area contributed by atoms with Gasteiger partial charge in [-0.3, -0.25) is 4.98 Å². The van der Waals surface area contributed by atoms with Gasteiger partial charge in [0.15, 0.2) is 0 Å². The molecule has 0 unspecified atom stereocenters. The fourth-order valence-electron chi connectivity index (χ4n) is 4.04. The molecule has 1 aromatic heterocycles. The van der Waals surface area contributed by atoms with Crippen LogP contribution in [0, 0.1) is 0 Å². The lowest BCUT2D eigenvalue weighted by Crippen LogP contribution is -2.07. The zero-order chi connectivity index (χ0) is 22.6. The van der Waals surface area contributed by atoms with Gasteiger partial charge in [0.25, 0.3) is 0 Å². The molecule has 0 atom stereocenters. The Hall–Kier alpha value is -3.14. The summed E-state index contributed by atoms with van der Waals surface area (Å²) in [6, 6.07) is 21.5. The number of halogens is 3. The molecule has 32 heavy (non-hydrogen) atoms. The summed E-state index contributed by atoms with van der Waals surface area (Å²) in [4.78, 5) is 4.49. The smallest absolute Gasteiger partial charge is 0.256 e. The van der Waals surface area contributed by atoms with Crippen LogP contribution < -0.4 is 0 Å². The SMILES string of the molecule is CCCCCCc1ccc(-c2cc(-c3cc4ccccc4cn3)ccc2C(F)(F)F)cc1. The van der Waals surface area contributed by atoms with Gasteiger partial charge in [-0.05, 0) is 53.1 Å². The van der Waals surface area contributed by atoms with Crippen molar-refractivity contribution in [2.24, 2.45) is 0 Å². The number of benzene rings is 3. The average molecular weight is 434 g/mol. The van der Waals surface area contributed by atoms with Crippen molar-refractivity contribution < 1.29 is 13.2 Å². The molecule has 0 N–H and O–H groups in total. The molecule has 0 spiro atoms. The second kappa shape index (κ2) is 9.56. The number of pyridine rings is 1. The predicted octanol–water partition coefficient (Wildman–Crippen LogP) is 8.71. The fraction of sp³-hybridized carbons (Fsp3) is 0.250. The van der Waals surface area contributed by atoms with Crippen LogP contribution in [0.25, 0.3) is 33.2 Å². The van der Waals surface area contributed by atoms with Crippen LogP contribution in [0.1, 0.15) is 43.7 Å². The van der Waals surface area contributed by atoms with Crippen LogP contribution in [-0.2, 0) is 12.6 Å². The Bertz CT molecular complexity index is 1190. The first-order chi connectivity index (χ1) is 15.5. The lowest BCUT2D eigenvalue weighted by atomic mass is 9.94. The lowest BCUT2D eigenvalue weighted by Gasteiger charge is -2.15. The van der Waals surface area contributed by atoms with Crippen LogP contribution in [0.15, 0.2) is 79.0 Å². The number of hydrogen-bond acceptors (Lipinski definition) is 1. The summed E-state index contributed by atoms with van der Waals surface area (Å²) < 4.78 is 41.3. The molecule has 1 heterocycles. The Kier molecular flexibility index (Phi) is 6.59. The maximum Gasteiger partial charge on any atom is 0.417 e. The summed E-state index contributed by atoms with van der Waals surface area (Å²) in [5.41, 5.74) is 2.61. The zero-order valence-corrected chi connectivity index (χ0v) is 18.1. The number of nitrogens with zero attached hydrogens (tertiary/aromatic N) is 1. The zero-order valence-electron chi connectivity index (χ0n) is 18.1. The van der Waals surface area contributed by atoms with Crippen molar-refractivity contribution >= 4 is 10.8 Å². The Morgan fingerprint density at radius 1 is 0.750 bits per heavy atom. The van der Waals surface area contributed by atoms with Gasteiger partial charge in [0.1, 0.15) is 0 Å². The third kappa shape index (κ3) is 5.01. The number of aryl methyl sites for hydroxylation is 1. The fourth-order valence-corrected chi connectivity index (χ4v) is 4.04. The van der Waals surface area contributed by atoms with Crippen molar-refractivity contribution in [2.75, 3.05) is 0 Å². The summed E-state index contributed by atoms with van der Waals surface area (Å²) in [5.74, 6) is 0. The topological polar surface area (TPSA) is 12.9 Å². The highest BCUT2D eigenvalue weighted by Crippen LogP contribution is 2.39. The molecule has 3 aromatic carbocycles. The minimum absolute atomic E-state index is 0.183. The van der Waals surface area contributed by atoms with E-state index < -0.39 is 11.7 Å². The van der Waals surface area contributed by atoms with E-state index in [1.54, 1.807) is 24.4 Å². The highest BCUT2D eigenvalue weighted by molar-refractivity contribution is 5.86. The highest BCUT2D eigenvalue weighted by Gasteiger charge is 2.33. The first kappa shape index (κ1) is 22.1. The van der Waals surface area contributed by atoms with Gasteiger partial charge in [0.2, 0.25) is 0 Å². The predicted molar refractivity (Wildman–Crippen MR) is 125 cm³/mol. The van der Waals surface area contributed by atoms with Crippen molar-refractivity contribution in [1.82, 2.24) is 4.98 Å². The van der Waals surface area contributed by atoms with E-state index in [4.69, 9.17) is 0 Å². The van der Waals surface area contributed by atoms with Gasteiger partial charge >= 0.3 is 6.18 Å². The summed E-state index contributed by atoms with van der Waals surface area (Å²) in [5, 5.41) is 2.00. The molecule has 1 nitrogen and oxygen atoms in total. The Morgan fingerprint density at radius 3 is 2.19 bits per heavy atom. The monoisotopic (exact) mass is 433 g/mol. The molecule has 4 aromatic rings. The van der Waals surface area contributed by atoms with Crippen molar-refractivity contribution in [3.8, 4) is 22.4 Å². The van der Waals surface area contributed by atoms with Gasteiger partial charge in [-0.25, -0.2) is 0 Å². The standard InChI is InChI=1S/C28H26F3N/c1-2-3-4-5-8-20-11-13-21(14-12-20)25-17-23(15-16-26(25)28(29,30)31)27-18-22-9-6-7-10-24(22)19-32-27/h6-7,9-19H,2-5,8H2,1H3. The normalized spacial score (nSPS) is 11.8. The molecule has 0 saturated carbocycles. The third-order valence-corrected chi connectivity index (χ3v) is 5.84. The van der Waals surface area contributed by atoms with Gasteiger partial charge in [-0.2, -0.15) is 13.2 Å². The van der Waals surface area contributed by atoms with Gasteiger partial charge in [-0.15, -0.1) is 0 Å². The van der Waals surface area contributed by atoms with E-state index in [0.29, 0.717) is 16.8 Å². The summed E-state index contributed by atoms with van der Waals surface area (Å²) >= 11 is 0. The Morgan fingerprint density at radius 2 is 1.47 bits per heavy atom. The molecular weight excluding hydrogens is 407 g/mol. The molecule has 0 fully saturated rings. The quantitative estimate of drug-likeness (QED) is 0.266. The van der Waals surface area contributed by atoms with Crippen LogP contribution in [0.3, 0.4) is 0 Å². The van der Waals surface area contributed by atoms with Gasteiger partial charge in [-0.1, -0.05) is 80.8 Å². The van der Waals surface area contributed by atoms with Gasteiger partial charge in [0, 0.05) is 17.1 Å². The summed E-state index contributed by atoms with van der Waals surface area (Å²) in [7, 11) is 0. The Labute approximate surface area is 186 Å². The number of aromatic nitrogens is 1. The van der Waals surface area contributed by atoms with Crippen molar-refractivity contribution in [1.29, 1.82) is 0 Å². The van der Waals surface area contributed by atoms with Crippen LogP contribution >= 0.6 is 0 Å². The number of unbranched alkanes of at least 4 members (excludes halogenated alkanes) is 3. The number of hydrogen-bond donors (Lipinski definition) is 0. The molecule has 0 bridgehead atoms. The number of fused-ring (bicyclic) bond motifs is 1. The molecule has 0 saturated heterocycles. The minimum atomic E-state index is -4.43. The third-order valence-electron chi connectivity index (χ3n) is 5.84. The van der Waals surface area contributed by atoms with Crippen LogP contribution in [-0.4, -0.2) is 4.98 Å². The summed E-state index contributed by atoms with van der Waals surface area (Å²) in [6.07, 6.45) is 2.96. The average Bonchev–Trinajstić information content (AvgIpc) is 2.81. The molecular formula is C28H26F3N. The molecule has 0 radical (unpaired) electrons. The van der Waals surface area contributed by atoms with Crippen molar-refractivity contribution in [3.05, 3.63) is 90.1 Å². The van der Waals surface area contributed by atoms with E-state index in [9.17, 15) is 13.2 Å². The first-order valence-corrected chi connectivity index (χ1v) is 11.1. The van der Waals surface area contributed by atoms with Gasteiger partial charge in [0.05, 0.1) is 11.3 Å². The molecule has 0 amide bonds. The molecule has 4 heteroatoms. The number of alkyl halides is 3. The van der Waals surface area contributed by atoms with Crippen molar-refractivity contribution in [2.45, 2.75) is 45.2 Å². The van der Waals surface area contributed by atoms with Crippen LogP contribution in [0.5, 0.6) is 0 Å². The molecule has 0 aliphatic carbocycles. The first-order valence-electron chi connectivity index (χ1n) is 11.1. The molecule has 4 rings (SSSR count). The second-order valence-corrected chi connectivity index (χ2v) is 8.18. The number of rotatable bonds is 7. The molecule has 164 valence electrons. The second-order valence-electron chi connectivity index (χ2n) is 8.18. The van der Waals surface area contributed by atoms with Gasteiger partial charge < -0.3 is 0 Å². The largest absolute Gasteiger partial charge is 0.417 e. The van der Waals surface area contributed by atoms with Crippen LogP contribution in [0.2, 0.25) is 0 Å². The van der Waals surface area contributed by atoms with E-state index in [-0.39, 0.29) is 5.56 Å². The summed E-state index contributed by atoms with van der Waals surface area (Å²) in [6.45, 7) is 2.18. The molecule has 0 aliphatic heterocycles. The van der Waals surface area contributed by atoms with Crippen molar-refractivity contribution in [3.63, 3.8) is 0 Å². The molecule has 0 aliphatic rings. The Balaban J connectivity index is 1.69. The highest BCUT2D eigenvalue weighted by atomic mass is 19.4. The minimum Gasteiger partial charge on any atom is -0.256 e. The maximum atomic E-state index is 13.8. The van der Waals surface area contributed by atoms with E-state index in [1.165, 1.54) is 31.4 Å². The van der Waals surface area contributed by atoms with E-state index in [2.05, 4.69) is 11.9 Å². The lowest BCUT2D eigenvalue weighted by molar-refractivity contribution is -0.137. The van der Waals surface area contributed by atoms with E-state index >= 15 is 0 Å². The van der Waals surface area contributed by atoms with E-state index in [0.717, 1.165) is 29.2 Å². The van der Waals surface area contributed by atoms with E-state index in [1.807, 2.05) is 42.5 Å². The van der Waals surface area contributed by atoms with Crippen LogP contribution in [0.4, 0.5) is 13.2 Å².